The minimum Gasteiger partial charge on any atom is -0.283 e. The topological polar surface area (TPSA) is 64.5 Å². The number of nitrogens with one attached hydrogen (secondary N) is 1. The van der Waals surface area contributed by atoms with Crippen LogP contribution in [0, 0.1) is 5.41 Å². The van der Waals surface area contributed by atoms with E-state index in [4.69, 9.17) is 5.41 Å². The van der Waals surface area contributed by atoms with Crippen LogP contribution in [0.25, 0.3) is 0 Å². The lowest BCUT2D eigenvalue weighted by Crippen LogP contribution is -2.46. The smallest absolute Gasteiger partial charge is 0.248 e. The summed E-state index contributed by atoms with van der Waals surface area (Å²) in [5, 5.41) is 10.6. The molecule has 5 nitrogen and oxygen atoms in total. The number of amidine groups is 1. The molecule has 1 aromatic carbocycles. The molecule has 2 heterocycles. The largest absolute Gasteiger partial charge is 0.283 e. The van der Waals surface area contributed by atoms with Crippen LogP contribution in [-0.2, 0) is 16.1 Å². The van der Waals surface area contributed by atoms with Gasteiger partial charge in [0.2, 0.25) is 11.8 Å². The average molecular weight is 229 g/mol. The molecule has 3 rings (SSSR count). The zero-order chi connectivity index (χ0) is 12.0. The molecular weight excluding hydrogens is 218 g/mol. The van der Waals surface area contributed by atoms with E-state index in [1.165, 1.54) is 5.01 Å². The molecule has 0 bridgehead atoms. The Morgan fingerprint density at radius 3 is 2.35 bits per heavy atom. The Kier molecular flexibility index (Phi) is 2.01. The highest BCUT2D eigenvalue weighted by Crippen LogP contribution is 2.26. The second kappa shape index (κ2) is 3.41. The zero-order valence-electron chi connectivity index (χ0n) is 9.14. The van der Waals surface area contributed by atoms with Gasteiger partial charge in [-0.25, -0.2) is 0 Å². The Labute approximate surface area is 98.1 Å². The quantitative estimate of drug-likeness (QED) is 0.727. The average Bonchev–Trinajstić information content (AvgIpc) is 2.82. The van der Waals surface area contributed by atoms with E-state index in [0.717, 1.165) is 16.1 Å². The van der Waals surface area contributed by atoms with E-state index in [9.17, 15) is 9.59 Å². The maximum atomic E-state index is 11.6. The van der Waals surface area contributed by atoms with E-state index in [-0.39, 0.29) is 30.5 Å². The third-order valence-electron chi connectivity index (χ3n) is 3.12. The maximum absolute atomic E-state index is 11.6. The molecule has 17 heavy (non-hydrogen) atoms. The van der Waals surface area contributed by atoms with Crippen LogP contribution in [0.1, 0.15) is 24.0 Å². The van der Waals surface area contributed by atoms with Crippen molar-refractivity contribution >= 4 is 17.6 Å². The van der Waals surface area contributed by atoms with Crippen LogP contribution in [0.15, 0.2) is 24.3 Å². The summed E-state index contributed by atoms with van der Waals surface area (Å²) < 4.78 is 0. The summed E-state index contributed by atoms with van der Waals surface area (Å²) in [5.41, 5.74) is 1.77. The first kappa shape index (κ1) is 10.0. The van der Waals surface area contributed by atoms with Crippen LogP contribution in [0.2, 0.25) is 0 Å². The molecule has 1 N–H and O–H groups in total. The summed E-state index contributed by atoms with van der Waals surface area (Å²) in [5.74, 6) is -0.204. The number of carbonyl (C=O) groups is 2. The van der Waals surface area contributed by atoms with Crippen molar-refractivity contribution in [1.29, 1.82) is 5.41 Å². The van der Waals surface area contributed by atoms with Crippen molar-refractivity contribution < 1.29 is 9.59 Å². The Morgan fingerprint density at radius 2 is 1.71 bits per heavy atom. The number of hydrazine groups is 1. The van der Waals surface area contributed by atoms with Crippen molar-refractivity contribution in [1.82, 2.24) is 10.0 Å². The molecule has 1 fully saturated rings. The molecular formula is C12H11N3O2. The Bertz CT molecular complexity index is 522. The molecule has 1 saturated heterocycles. The summed E-state index contributed by atoms with van der Waals surface area (Å²) in [6, 6.07) is 7.49. The van der Waals surface area contributed by atoms with Gasteiger partial charge >= 0.3 is 0 Å². The highest BCUT2D eigenvalue weighted by Gasteiger charge is 2.38. The minimum absolute atomic E-state index is 0.215. The van der Waals surface area contributed by atoms with E-state index < -0.39 is 0 Å². The fourth-order valence-electron chi connectivity index (χ4n) is 2.27. The molecule has 2 aliphatic rings. The molecule has 0 aliphatic carbocycles. The van der Waals surface area contributed by atoms with Crippen LogP contribution in [0.3, 0.4) is 0 Å². The normalized spacial score (nSPS) is 19.2. The number of hydrogen-bond donors (Lipinski definition) is 1. The number of hydrogen-bond acceptors (Lipinski definition) is 3. The summed E-state index contributed by atoms with van der Waals surface area (Å²) in [4.78, 5) is 23.3. The number of fused-ring (bicyclic) bond motifs is 1. The highest BCUT2D eigenvalue weighted by molar-refractivity contribution is 6.07. The molecule has 0 unspecified atom stereocenters. The van der Waals surface area contributed by atoms with Gasteiger partial charge in [0.1, 0.15) is 5.84 Å². The fraction of sp³-hybridized carbons (Fsp3) is 0.250. The fourth-order valence-corrected chi connectivity index (χ4v) is 2.27. The third-order valence-corrected chi connectivity index (χ3v) is 3.12. The van der Waals surface area contributed by atoms with Crippen molar-refractivity contribution in [2.75, 3.05) is 0 Å². The summed E-state index contributed by atoms with van der Waals surface area (Å²) >= 11 is 0. The zero-order valence-corrected chi connectivity index (χ0v) is 9.14. The SMILES string of the molecule is N=C1c2ccccc2CN1N1C(=O)CCC1=O. The maximum Gasteiger partial charge on any atom is 0.248 e. The number of amides is 2. The van der Waals surface area contributed by atoms with Gasteiger partial charge in [0.05, 0.1) is 6.54 Å². The first-order valence-electron chi connectivity index (χ1n) is 5.48. The van der Waals surface area contributed by atoms with E-state index in [2.05, 4.69) is 0 Å². The van der Waals surface area contributed by atoms with Gasteiger partial charge in [-0.15, -0.1) is 0 Å². The number of carbonyl (C=O) groups excluding carboxylic acids is 2. The number of imide groups is 1. The summed E-state index contributed by atoms with van der Waals surface area (Å²) in [6.45, 7) is 0.423. The first-order chi connectivity index (χ1) is 8.18. The molecule has 0 aromatic heterocycles. The molecule has 0 atom stereocenters. The van der Waals surface area contributed by atoms with Crippen LogP contribution < -0.4 is 0 Å². The number of benzene rings is 1. The van der Waals surface area contributed by atoms with Gasteiger partial charge in [-0.3, -0.25) is 20.0 Å². The first-order valence-corrected chi connectivity index (χ1v) is 5.48. The predicted molar refractivity (Wildman–Crippen MR) is 59.9 cm³/mol. The predicted octanol–water partition coefficient (Wildman–Crippen LogP) is 0.892. The van der Waals surface area contributed by atoms with Gasteiger partial charge in [0, 0.05) is 18.4 Å². The van der Waals surface area contributed by atoms with Gasteiger partial charge in [-0.2, -0.15) is 5.01 Å². The molecule has 0 radical (unpaired) electrons. The van der Waals surface area contributed by atoms with Crippen molar-refractivity contribution in [3.8, 4) is 0 Å². The van der Waals surface area contributed by atoms with Crippen molar-refractivity contribution in [2.45, 2.75) is 19.4 Å². The molecule has 0 saturated carbocycles. The molecule has 2 aliphatic heterocycles. The lowest BCUT2D eigenvalue weighted by molar-refractivity contribution is -0.151. The third kappa shape index (κ3) is 1.35. The lowest BCUT2D eigenvalue weighted by atomic mass is 10.1. The standard InChI is InChI=1S/C12H11N3O2/c13-12-9-4-2-1-3-8(9)7-14(12)15-10(16)5-6-11(15)17/h1-4,13H,5-7H2. The van der Waals surface area contributed by atoms with Crippen molar-refractivity contribution in [3.05, 3.63) is 35.4 Å². The van der Waals surface area contributed by atoms with Gasteiger partial charge in [0.25, 0.3) is 0 Å². The van der Waals surface area contributed by atoms with Gasteiger partial charge in [-0.1, -0.05) is 24.3 Å². The van der Waals surface area contributed by atoms with E-state index >= 15 is 0 Å². The second-order valence-electron chi connectivity index (χ2n) is 4.16. The number of nitrogens with zero attached hydrogens (tertiary/aromatic N) is 2. The highest BCUT2D eigenvalue weighted by atomic mass is 16.2. The minimum atomic E-state index is -0.215. The molecule has 2 amide bonds. The van der Waals surface area contributed by atoms with Crippen LogP contribution >= 0.6 is 0 Å². The second-order valence-corrected chi connectivity index (χ2v) is 4.16. The lowest BCUT2D eigenvalue weighted by Gasteiger charge is -2.26. The molecule has 86 valence electrons. The van der Waals surface area contributed by atoms with E-state index in [0.29, 0.717) is 6.54 Å². The van der Waals surface area contributed by atoms with Crippen LogP contribution in [0.5, 0.6) is 0 Å². The molecule has 1 aromatic rings. The van der Waals surface area contributed by atoms with E-state index in [1.54, 1.807) is 0 Å². The monoisotopic (exact) mass is 229 g/mol. The van der Waals surface area contributed by atoms with E-state index in [1.807, 2.05) is 24.3 Å². The molecule has 0 spiro atoms. The van der Waals surface area contributed by atoms with Gasteiger partial charge in [0.15, 0.2) is 0 Å². The summed E-state index contributed by atoms with van der Waals surface area (Å²) in [6.07, 6.45) is 0.498. The van der Waals surface area contributed by atoms with Crippen molar-refractivity contribution in [2.24, 2.45) is 0 Å². The Hall–Kier alpha value is -2.17. The van der Waals surface area contributed by atoms with Crippen LogP contribution in [-0.4, -0.2) is 27.7 Å². The Balaban J connectivity index is 1.97. The van der Waals surface area contributed by atoms with Crippen molar-refractivity contribution in [3.63, 3.8) is 0 Å². The van der Waals surface area contributed by atoms with Crippen LogP contribution in [0.4, 0.5) is 0 Å². The number of rotatable bonds is 1. The summed E-state index contributed by atoms with van der Waals surface area (Å²) in [7, 11) is 0. The van der Waals surface area contributed by atoms with Gasteiger partial charge in [-0.05, 0) is 5.56 Å². The molecule has 5 heteroatoms. The Morgan fingerprint density at radius 1 is 1.06 bits per heavy atom. The van der Waals surface area contributed by atoms with Gasteiger partial charge < -0.3 is 0 Å².